The van der Waals surface area contributed by atoms with Crippen molar-refractivity contribution in [2.24, 2.45) is 0 Å². The molecule has 3 nitrogen and oxygen atoms in total. The summed E-state index contributed by atoms with van der Waals surface area (Å²) in [5, 5.41) is 5.94. The Hall–Kier alpha value is -6.49. The lowest BCUT2D eigenvalue weighted by Crippen LogP contribution is -2.37. The zero-order valence-corrected chi connectivity index (χ0v) is 34.0. The Bertz CT molecular complexity index is 2920. The van der Waals surface area contributed by atoms with Crippen LogP contribution in [0, 0.1) is 0 Å². The first-order chi connectivity index (χ1) is 27.6. The Morgan fingerprint density at radius 1 is 0.421 bits per heavy atom. The maximum Gasteiger partial charge on any atom is 0.0775 e. The van der Waals surface area contributed by atoms with E-state index in [2.05, 4.69) is 189 Å². The van der Waals surface area contributed by atoms with Gasteiger partial charge in [-0.15, -0.1) is 0 Å². The van der Waals surface area contributed by atoms with Gasteiger partial charge in [-0.05, 0) is 109 Å². The second-order valence-corrected chi connectivity index (χ2v) is 22.1. The van der Waals surface area contributed by atoms with Crippen LogP contribution in [0.4, 0.5) is 0 Å². The second-order valence-electron chi connectivity index (χ2n) is 17.0. The van der Waals surface area contributed by atoms with E-state index in [9.17, 15) is 0 Å². The Morgan fingerprint density at radius 3 is 1.65 bits per heavy atom. The fraction of sp³-hybridized carbons (Fsp3) is 0.113. The molecule has 1 aliphatic rings. The molecule has 9 aromatic rings. The summed E-state index contributed by atoms with van der Waals surface area (Å²) in [6.45, 7) is 12.0. The molecule has 0 N–H and O–H groups in total. The molecule has 0 saturated heterocycles. The van der Waals surface area contributed by atoms with E-state index in [0.29, 0.717) is 0 Å². The molecule has 0 bridgehead atoms. The van der Waals surface area contributed by atoms with Gasteiger partial charge < -0.3 is 0 Å². The van der Waals surface area contributed by atoms with E-state index >= 15 is 0 Å². The minimum Gasteiger partial charge on any atom is -0.264 e. The van der Waals surface area contributed by atoms with Crippen LogP contribution >= 0.6 is 0 Å². The molecule has 10 rings (SSSR count). The highest BCUT2D eigenvalue weighted by Gasteiger charge is 2.36. The lowest BCUT2D eigenvalue weighted by molar-refractivity contribution is 0.661. The van der Waals surface area contributed by atoms with E-state index in [1.165, 1.54) is 49.7 Å². The molecule has 274 valence electrons. The molecular formula is C53H43N3Si. The second kappa shape index (κ2) is 13.3. The van der Waals surface area contributed by atoms with Gasteiger partial charge in [-0.3, -0.25) is 9.97 Å². The highest BCUT2D eigenvalue weighted by molar-refractivity contribution is 6.88. The molecule has 0 amide bonds. The predicted molar refractivity (Wildman–Crippen MR) is 243 cm³/mol. The van der Waals surface area contributed by atoms with Gasteiger partial charge in [0, 0.05) is 52.1 Å². The number of hydrogen-bond donors (Lipinski definition) is 0. The standard InChI is InChI=1S/C53H43N3Si/c1-53(2)49-28-38(34-15-19-42(20-16-34)57(3,4)5)17-21-44(49)45-22-18-39(29-50(45)53)36-10-6-11-37(27-36)41-30-51(46-13-8-12-40-32-54-26-24-43(40)46)56-52(31-41)47-14-7-9-35-23-25-55-33-48(35)47/h6-33H,1-5H3. The molecule has 0 aliphatic heterocycles. The summed E-state index contributed by atoms with van der Waals surface area (Å²) >= 11 is 0. The van der Waals surface area contributed by atoms with E-state index < -0.39 is 8.07 Å². The number of rotatable bonds is 6. The Labute approximate surface area is 335 Å². The quantitative estimate of drug-likeness (QED) is 0.159. The molecule has 0 spiro atoms. The van der Waals surface area contributed by atoms with Crippen molar-refractivity contribution in [3.63, 3.8) is 0 Å². The summed E-state index contributed by atoms with van der Waals surface area (Å²) in [5.74, 6) is 0. The molecule has 0 saturated carbocycles. The van der Waals surface area contributed by atoms with Gasteiger partial charge in [-0.2, -0.15) is 0 Å². The highest BCUT2D eigenvalue weighted by atomic mass is 28.3. The molecule has 4 heteroatoms. The maximum atomic E-state index is 5.35. The average molecular weight is 750 g/mol. The van der Waals surface area contributed by atoms with Gasteiger partial charge in [0.05, 0.1) is 19.5 Å². The zero-order chi connectivity index (χ0) is 38.9. The van der Waals surface area contributed by atoms with Crippen molar-refractivity contribution >= 4 is 34.8 Å². The number of benzene rings is 6. The van der Waals surface area contributed by atoms with E-state index in [4.69, 9.17) is 4.98 Å². The van der Waals surface area contributed by atoms with Crippen molar-refractivity contribution in [3.8, 4) is 67.0 Å². The summed E-state index contributed by atoms with van der Waals surface area (Å²) < 4.78 is 0. The third kappa shape index (κ3) is 6.08. The van der Waals surface area contributed by atoms with Crippen LogP contribution in [0.3, 0.4) is 0 Å². The van der Waals surface area contributed by atoms with Crippen molar-refractivity contribution in [1.29, 1.82) is 0 Å². The Kier molecular flexibility index (Phi) is 8.17. The summed E-state index contributed by atoms with van der Waals surface area (Å²) in [7, 11) is -1.36. The minimum atomic E-state index is -1.36. The van der Waals surface area contributed by atoms with E-state index in [1.807, 2.05) is 24.8 Å². The molecule has 6 aromatic carbocycles. The molecule has 3 aromatic heterocycles. The number of nitrogens with zero attached hydrogens (tertiary/aromatic N) is 3. The van der Waals surface area contributed by atoms with Crippen LogP contribution in [0.25, 0.3) is 88.6 Å². The van der Waals surface area contributed by atoms with Gasteiger partial charge in [0.25, 0.3) is 0 Å². The predicted octanol–water partition coefficient (Wildman–Crippen LogP) is 13.4. The van der Waals surface area contributed by atoms with Crippen molar-refractivity contribution in [2.45, 2.75) is 38.9 Å². The van der Waals surface area contributed by atoms with E-state index in [-0.39, 0.29) is 5.41 Å². The van der Waals surface area contributed by atoms with Crippen LogP contribution < -0.4 is 5.19 Å². The van der Waals surface area contributed by atoms with Crippen LogP contribution in [0.2, 0.25) is 19.6 Å². The maximum absolute atomic E-state index is 5.35. The first kappa shape index (κ1) is 35.0. The lowest BCUT2D eigenvalue weighted by Gasteiger charge is -2.23. The van der Waals surface area contributed by atoms with Crippen LogP contribution in [-0.2, 0) is 5.41 Å². The summed E-state index contributed by atoms with van der Waals surface area (Å²) in [5.41, 5.74) is 16.5. The average Bonchev–Trinajstić information content (AvgIpc) is 3.47. The molecule has 0 fully saturated rings. The van der Waals surface area contributed by atoms with Gasteiger partial charge in [-0.1, -0.05) is 142 Å². The molecule has 57 heavy (non-hydrogen) atoms. The molecule has 1 aliphatic carbocycles. The summed E-state index contributed by atoms with van der Waals surface area (Å²) in [6, 6.07) is 53.7. The SMILES string of the molecule is CC1(C)c2cc(-c3ccc([Si](C)(C)C)cc3)ccc2-c2ccc(-c3cccc(-c4cc(-c5cccc6cnccc56)nc(-c5cccc6ccncc56)c4)c3)cc21. The van der Waals surface area contributed by atoms with Gasteiger partial charge in [0.15, 0.2) is 0 Å². The normalized spacial score (nSPS) is 13.1. The van der Waals surface area contributed by atoms with Gasteiger partial charge in [0.1, 0.15) is 0 Å². The Balaban J connectivity index is 1.05. The number of hydrogen-bond acceptors (Lipinski definition) is 3. The summed E-state index contributed by atoms with van der Waals surface area (Å²) in [4.78, 5) is 14.2. The van der Waals surface area contributed by atoms with Crippen molar-refractivity contribution in [1.82, 2.24) is 15.0 Å². The smallest absolute Gasteiger partial charge is 0.0775 e. The van der Waals surface area contributed by atoms with Gasteiger partial charge in [0.2, 0.25) is 0 Å². The highest BCUT2D eigenvalue weighted by Crippen LogP contribution is 2.51. The van der Waals surface area contributed by atoms with Crippen molar-refractivity contribution in [2.75, 3.05) is 0 Å². The molecule has 0 unspecified atom stereocenters. The lowest BCUT2D eigenvalue weighted by atomic mass is 9.80. The van der Waals surface area contributed by atoms with Crippen LogP contribution in [-0.4, -0.2) is 23.0 Å². The van der Waals surface area contributed by atoms with Crippen LogP contribution in [0.15, 0.2) is 170 Å². The van der Waals surface area contributed by atoms with E-state index in [0.717, 1.165) is 55.2 Å². The number of fused-ring (bicyclic) bond motifs is 5. The van der Waals surface area contributed by atoms with Crippen molar-refractivity contribution < 1.29 is 0 Å². The summed E-state index contributed by atoms with van der Waals surface area (Å²) in [6.07, 6.45) is 7.58. The monoisotopic (exact) mass is 749 g/mol. The molecular weight excluding hydrogens is 707 g/mol. The third-order valence-electron chi connectivity index (χ3n) is 12.0. The topological polar surface area (TPSA) is 38.7 Å². The zero-order valence-electron chi connectivity index (χ0n) is 33.0. The molecule has 0 radical (unpaired) electrons. The first-order valence-electron chi connectivity index (χ1n) is 19.8. The minimum absolute atomic E-state index is 0.136. The Morgan fingerprint density at radius 2 is 0.965 bits per heavy atom. The molecule has 3 heterocycles. The largest absolute Gasteiger partial charge is 0.264 e. The first-order valence-corrected chi connectivity index (χ1v) is 23.3. The number of pyridine rings is 3. The van der Waals surface area contributed by atoms with Gasteiger partial charge in [-0.25, -0.2) is 4.98 Å². The number of aromatic nitrogens is 3. The van der Waals surface area contributed by atoms with Crippen molar-refractivity contribution in [3.05, 3.63) is 182 Å². The van der Waals surface area contributed by atoms with E-state index in [1.54, 1.807) is 0 Å². The van der Waals surface area contributed by atoms with Crippen LogP contribution in [0.5, 0.6) is 0 Å². The fourth-order valence-electron chi connectivity index (χ4n) is 8.79. The molecule has 0 atom stereocenters. The van der Waals surface area contributed by atoms with Gasteiger partial charge >= 0.3 is 0 Å². The van der Waals surface area contributed by atoms with Crippen LogP contribution in [0.1, 0.15) is 25.0 Å². The third-order valence-corrected chi connectivity index (χ3v) is 14.1. The fourth-order valence-corrected chi connectivity index (χ4v) is 9.96.